The number of anilines is 4. The molecule has 0 aliphatic carbocycles. The number of benzene rings is 4. The molecule has 4 aromatic rings. The average Bonchev–Trinajstić information content (AvgIpc) is 3.34. The lowest BCUT2D eigenvalue weighted by Crippen LogP contribution is -2.30. The highest BCUT2D eigenvalue weighted by molar-refractivity contribution is 5.79. The highest BCUT2D eigenvalue weighted by Crippen LogP contribution is 2.29. The second kappa shape index (κ2) is 32.2. The largest absolute Gasteiger partial charge is 0.383 e. The fourth-order valence-corrected chi connectivity index (χ4v) is 7.15. The lowest BCUT2D eigenvalue weighted by Gasteiger charge is -2.25. The molecule has 0 aliphatic rings. The topological polar surface area (TPSA) is 86.8 Å². The molecule has 0 radical (unpaired) electrons. The van der Waals surface area contributed by atoms with Gasteiger partial charge in [0.1, 0.15) is 0 Å². The van der Waals surface area contributed by atoms with Gasteiger partial charge in [0.05, 0.1) is 52.9 Å². The zero-order chi connectivity index (χ0) is 46.4. The van der Waals surface area contributed by atoms with Crippen molar-refractivity contribution in [2.75, 3.05) is 182 Å². The number of hydrogen-bond acceptors (Lipinski definition) is 12. The van der Waals surface area contributed by atoms with Crippen molar-refractivity contribution in [3.63, 3.8) is 0 Å². The molecule has 4 rings (SSSR count). The van der Waals surface area contributed by atoms with Crippen molar-refractivity contribution in [3.05, 3.63) is 126 Å². The van der Waals surface area contributed by atoms with Gasteiger partial charge in [-0.05, 0) is 76.4 Å². The number of ether oxygens (including phenoxy) is 8. The van der Waals surface area contributed by atoms with Gasteiger partial charge in [-0.15, -0.1) is 0 Å². The Morgan fingerprint density at radius 2 is 0.531 bits per heavy atom. The quantitative estimate of drug-likeness (QED) is 0.0477. The van der Waals surface area contributed by atoms with Gasteiger partial charge in [0.15, 0.2) is 0 Å². The summed E-state index contributed by atoms with van der Waals surface area (Å²) in [6.45, 7) is 18.8. The monoisotopic (exact) mass is 887 g/mol. The van der Waals surface area contributed by atoms with E-state index in [-0.39, 0.29) is 0 Å². The van der Waals surface area contributed by atoms with Crippen LogP contribution in [0, 0.1) is 0 Å². The molecule has 0 spiro atoms. The van der Waals surface area contributed by atoms with E-state index in [2.05, 4.69) is 130 Å². The fraction of sp³-hybridized carbons (Fsp3) is 0.500. The van der Waals surface area contributed by atoms with Crippen LogP contribution in [-0.4, -0.2) is 162 Å². The van der Waals surface area contributed by atoms with Crippen LogP contribution in [0.5, 0.6) is 0 Å². The summed E-state index contributed by atoms with van der Waals surface area (Å²) in [4.78, 5) is 9.13. The molecule has 12 heteroatoms. The summed E-state index contributed by atoms with van der Waals surface area (Å²) in [5.41, 5.74) is 10.5. The van der Waals surface area contributed by atoms with Crippen molar-refractivity contribution in [3.8, 4) is 0 Å². The molecule has 64 heavy (non-hydrogen) atoms. The minimum atomic E-state index is 0.316. The molecule has 0 aliphatic heterocycles. The summed E-state index contributed by atoms with van der Waals surface area (Å²) in [6, 6.07) is 34.7. The van der Waals surface area contributed by atoms with E-state index >= 15 is 0 Å². The minimum absolute atomic E-state index is 0.316. The minimum Gasteiger partial charge on any atom is -0.383 e. The molecule has 0 aromatic heterocycles. The third-order valence-corrected chi connectivity index (χ3v) is 11.2. The van der Waals surface area contributed by atoms with E-state index in [0.29, 0.717) is 58.8 Å². The van der Waals surface area contributed by atoms with E-state index < -0.39 is 0 Å². The first-order valence-electron chi connectivity index (χ1n) is 22.3. The van der Waals surface area contributed by atoms with Crippen LogP contribution in [0.3, 0.4) is 0 Å². The van der Waals surface area contributed by atoms with Crippen LogP contribution >= 0.6 is 0 Å². The van der Waals surface area contributed by atoms with Crippen LogP contribution in [0.2, 0.25) is 0 Å². The van der Waals surface area contributed by atoms with E-state index in [1.54, 1.807) is 56.9 Å². The maximum atomic E-state index is 5.26. The van der Waals surface area contributed by atoms with Crippen LogP contribution < -0.4 is 19.6 Å². The summed E-state index contributed by atoms with van der Waals surface area (Å²) in [7, 11) is 13.8. The SMILES string of the molecule is C=C(c1ccc(N(CCOC)CCOC)cc1)c1ccc(N(CCOC)CCOC)cc1.COCCN(CCOC)c1ccc(C(C)c2ccc(N(CCOC)CCOC)cc2)cc1. The van der Waals surface area contributed by atoms with Crippen molar-refractivity contribution < 1.29 is 37.9 Å². The van der Waals surface area contributed by atoms with Crippen LogP contribution in [0.1, 0.15) is 35.1 Å². The van der Waals surface area contributed by atoms with Gasteiger partial charge in [0.25, 0.3) is 0 Å². The van der Waals surface area contributed by atoms with E-state index in [1.165, 1.54) is 22.5 Å². The van der Waals surface area contributed by atoms with Gasteiger partial charge in [0.2, 0.25) is 0 Å². The van der Waals surface area contributed by atoms with Crippen LogP contribution in [0.4, 0.5) is 22.7 Å². The summed E-state index contributed by atoms with van der Waals surface area (Å²) < 4.78 is 42.1. The maximum absolute atomic E-state index is 5.26. The smallest absolute Gasteiger partial charge is 0.0637 e. The Morgan fingerprint density at radius 3 is 0.719 bits per heavy atom. The van der Waals surface area contributed by atoms with Gasteiger partial charge in [-0.1, -0.05) is 62.0 Å². The van der Waals surface area contributed by atoms with Crippen molar-refractivity contribution in [2.45, 2.75) is 12.8 Å². The third kappa shape index (κ3) is 18.5. The molecular formula is C52H78N4O8. The van der Waals surface area contributed by atoms with E-state index in [4.69, 9.17) is 37.9 Å². The predicted molar refractivity (Wildman–Crippen MR) is 265 cm³/mol. The molecule has 4 aromatic carbocycles. The van der Waals surface area contributed by atoms with Gasteiger partial charge in [-0.25, -0.2) is 0 Å². The maximum Gasteiger partial charge on any atom is 0.0637 e. The molecule has 0 bridgehead atoms. The number of hydrogen-bond donors (Lipinski definition) is 0. The average molecular weight is 887 g/mol. The lowest BCUT2D eigenvalue weighted by molar-refractivity contribution is 0.190. The predicted octanol–water partition coefficient (Wildman–Crippen LogP) is 7.98. The molecule has 0 saturated heterocycles. The normalized spacial score (nSPS) is 11.0. The Kier molecular flexibility index (Phi) is 27.1. The first-order chi connectivity index (χ1) is 31.3. The molecule has 0 amide bonds. The van der Waals surface area contributed by atoms with Crippen molar-refractivity contribution in [1.82, 2.24) is 0 Å². The standard InChI is InChI=1S/C26H40N2O4.C26H38N2O4/c2*1-22(23-6-10-25(11-7-23)27(14-18-29-2)15-19-30-3)24-8-12-26(13-9-24)28(16-20-31-4)17-21-32-5/h6-13,22H,14-21H2,1-5H3;6-13H,1,14-21H2,2-5H3. The van der Waals surface area contributed by atoms with Crippen LogP contribution in [0.15, 0.2) is 104 Å². The van der Waals surface area contributed by atoms with Crippen LogP contribution in [0.25, 0.3) is 5.57 Å². The lowest BCUT2D eigenvalue weighted by atomic mass is 9.93. The number of rotatable bonds is 32. The molecule has 354 valence electrons. The van der Waals surface area contributed by atoms with Crippen LogP contribution in [-0.2, 0) is 37.9 Å². The van der Waals surface area contributed by atoms with E-state index in [0.717, 1.165) is 80.4 Å². The summed E-state index contributed by atoms with van der Waals surface area (Å²) in [6.07, 6.45) is 0. The number of nitrogens with zero attached hydrogens (tertiary/aromatic N) is 4. The molecule has 12 nitrogen and oxygen atoms in total. The Balaban J connectivity index is 0.000000340. The van der Waals surface area contributed by atoms with Crippen molar-refractivity contribution in [1.29, 1.82) is 0 Å². The van der Waals surface area contributed by atoms with Gasteiger partial charge in [0, 0.05) is 138 Å². The molecular weight excluding hydrogens is 809 g/mol. The molecule has 0 unspecified atom stereocenters. The summed E-state index contributed by atoms with van der Waals surface area (Å²) in [5, 5.41) is 0. The molecule has 0 fully saturated rings. The third-order valence-electron chi connectivity index (χ3n) is 11.2. The Labute approximate surface area is 385 Å². The van der Waals surface area contributed by atoms with Crippen molar-refractivity contribution in [2.24, 2.45) is 0 Å². The zero-order valence-corrected chi connectivity index (χ0v) is 40.4. The molecule has 0 heterocycles. The Hall–Kier alpha value is -4.50. The number of methoxy groups -OCH3 is 8. The highest BCUT2D eigenvalue weighted by atomic mass is 16.5. The van der Waals surface area contributed by atoms with E-state index in [9.17, 15) is 0 Å². The first kappa shape index (κ1) is 53.8. The Bertz CT molecular complexity index is 1620. The van der Waals surface area contributed by atoms with Gasteiger partial charge >= 0.3 is 0 Å². The zero-order valence-electron chi connectivity index (χ0n) is 40.4. The molecule has 0 saturated carbocycles. The van der Waals surface area contributed by atoms with Gasteiger partial charge in [-0.3, -0.25) is 0 Å². The van der Waals surface area contributed by atoms with E-state index in [1.807, 2.05) is 0 Å². The van der Waals surface area contributed by atoms with Gasteiger partial charge < -0.3 is 57.5 Å². The summed E-state index contributed by atoms with van der Waals surface area (Å²) in [5.74, 6) is 0.316. The second-order valence-corrected chi connectivity index (χ2v) is 15.4. The van der Waals surface area contributed by atoms with Crippen molar-refractivity contribution >= 4 is 28.3 Å². The Morgan fingerprint density at radius 1 is 0.344 bits per heavy atom. The molecule has 0 atom stereocenters. The molecule has 0 N–H and O–H groups in total. The fourth-order valence-electron chi connectivity index (χ4n) is 7.15. The van der Waals surface area contributed by atoms with Gasteiger partial charge in [-0.2, -0.15) is 0 Å². The highest BCUT2D eigenvalue weighted by Gasteiger charge is 2.14. The summed E-state index contributed by atoms with van der Waals surface area (Å²) >= 11 is 0. The second-order valence-electron chi connectivity index (χ2n) is 15.4. The first-order valence-corrected chi connectivity index (χ1v) is 22.3.